The molecule has 0 radical (unpaired) electrons. The first-order chi connectivity index (χ1) is 6.66. The third kappa shape index (κ3) is 4.97. The molecule has 0 spiro atoms. The predicted octanol–water partition coefficient (Wildman–Crippen LogP) is 2.35. The van der Waals surface area contributed by atoms with Crippen molar-refractivity contribution in [3.63, 3.8) is 0 Å². The fourth-order valence-electron chi connectivity index (χ4n) is 1.84. The highest BCUT2D eigenvalue weighted by Gasteiger charge is 2.27. The second-order valence-electron chi connectivity index (χ2n) is 4.47. The average molecular weight is 200 g/mol. The van der Waals surface area contributed by atoms with Gasteiger partial charge in [0.15, 0.2) is 0 Å². The first-order valence-corrected chi connectivity index (χ1v) is 5.99. The first-order valence-electron chi connectivity index (χ1n) is 5.99. The van der Waals surface area contributed by atoms with E-state index in [1.807, 2.05) is 20.9 Å². The standard InChI is InChI=1S/C10H22N2.C2H6/c1-10(4-7-11-2)5-8-12(3)9-6-10;1-2/h11H,4-9H2,1-3H3;1-2H3. The van der Waals surface area contributed by atoms with E-state index in [1.165, 1.54) is 38.9 Å². The maximum atomic E-state index is 3.24. The second-order valence-corrected chi connectivity index (χ2v) is 4.47. The molecule has 1 fully saturated rings. The lowest BCUT2D eigenvalue weighted by atomic mass is 9.78. The summed E-state index contributed by atoms with van der Waals surface area (Å²) in [6.45, 7) is 10.2. The zero-order valence-corrected chi connectivity index (χ0v) is 10.7. The summed E-state index contributed by atoms with van der Waals surface area (Å²) in [5.74, 6) is 0. The largest absolute Gasteiger partial charge is 0.320 e. The summed E-state index contributed by atoms with van der Waals surface area (Å²) in [4.78, 5) is 2.43. The summed E-state index contributed by atoms with van der Waals surface area (Å²) in [7, 11) is 4.26. The van der Waals surface area contributed by atoms with E-state index in [0.717, 1.165) is 0 Å². The van der Waals surface area contributed by atoms with Gasteiger partial charge in [-0.1, -0.05) is 20.8 Å². The second kappa shape index (κ2) is 7.24. The predicted molar refractivity (Wildman–Crippen MR) is 64.7 cm³/mol. The Hall–Kier alpha value is -0.0800. The van der Waals surface area contributed by atoms with Gasteiger partial charge in [0.2, 0.25) is 0 Å². The zero-order valence-electron chi connectivity index (χ0n) is 10.7. The Labute approximate surface area is 90.1 Å². The normalized spacial score (nSPS) is 21.2. The molecular weight excluding hydrogens is 172 g/mol. The third-order valence-electron chi connectivity index (χ3n) is 3.17. The van der Waals surface area contributed by atoms with Gasteiger partial charge in [0.05, 0.1) is 0 Å². The lowest BCUT2D eigenvalue weighted by Crippen LogP contribution is -2.37. The van der Waals surface area contributed by atoms with E-state index in [2.05, 4.69) is 24.2 Å². The summed E-state index contributed by atoms with van der Waals surface area (Å²) in [6.07, 6.45) is 4.06. The Morgan fingerprint density at radius 2 is 1.71 bits per heavy atom. The van der Waals surface area contributed by atoms with Gasteiger partial charge in [0.1, 0.15) is 0 Å². The maximum absolute atomic E-state index is 3.24. The molecular formula is C12H28N2. The van der Waals surface area contributed by atoms with Crippen molar-refractivity contribution < 1.29 is 0 Å². The van der Waals surface area contributed by atoms with Gasteiger partial charge in [-0.2, -0.15) is 0 Å². The van der Waals surface area contributed by atoms with Crippen LogP contribution >= 0.6 is 0 Å². The molecule has 14 heavy (non-hydrogen) atoms. The van der Waals surface area contributed by atoms with E-state index < -0.39 is 0 Å². The molecule has 0 aromatic heterocycles. The fraction of sp³-hybridized carbons (Fsp3) is 1.00. The number of nitrogens with one attached hydrogen (secondary N) is 1. The van der Waals surface area contributed by atoms with Gasteiger partial charge in [-0.25, -0.2) is 0 Å². The van der Waals surface area contributed by atoms with Crippen molar-refractivity contribution in [2.24, 2.45) is 5.41 Å². The lowest BCUT2D eigenvalue weighted by Gasteiger charge is -2.38. The number of hydrogen-bond acceptors (Lipinski definition) is 2. The molecule has 0 bridgehead atoms. The quantitative estimate of drug-likeness (QED) is 0.752. The first kappa shape index (κ1) is 13.9. The van der Waals surface area contributed by atoms with Crippen LogP contribution < -0.4 is 5.32 Å². The van der Waals surface area contributed by atoms with E-state index in [4.69, 9.17) is 0 Å². The van der Waals surface area contributed by atoms with Crippen molar-refractivity contribution in [3.8, 4) is 0 Å². The molecule has 86 valence electrons. The molecule has 0 amide bonds. The van der Waals surface area contributed by atoms with Crippen LogP contribution in [-0.2, 0) is 0 Å². The van der Waals surface area contributed by atoms with E-state index in [-0.39, 0.29) is 0 Å². The van der Waals surface area contributed by atoms with Gasteiger partial charge < -0.3 is 10.2 Å². The monoisotopic (exact) mass is 200 g/mol. The molecule has 2 heteroatoms. The Morgan fingerprint density at radius 1 is 1.21 bits per heavy atom. The smallest absolute Gasteiger partial charge is 0.00166 e. The van der Waals surface area contributed by atoms with Crippen LogP contribution in [0.4, 0.5) is 0 Å². The highest BCUT2D eigenvalue weighted by Crippen LogP contribution is 2.33. The fourth-order valence-corrected chi connectivity index (χ4v) is 1.84. The molecule has 2 nitrogen and oxygen atoms in total. The van der Waals surface area contributed by atoms with Crippen molar-refractivity contribution in [3.05, 3.63) is 0 Å². The van der Waals surface area contributed by atoms with E-state index in [9.17, 15) is 0 Å². The molecule has 1 heterocycles. The van der Waals surface area contributed by atoms with E-state index >= 15 is 0 Å². The molecule has 0 aliphatic carbocycles. The molecule has 0 unspecified atom stereocenters. The highest BCUT2D eigenvalue weighted by atomic mass is 15.1. The lowest BCUT2D eigenvalue weighted by molar-refractivity contribution is 0.130. The van der Waals surface area contributed by atoms with Crippen LogP contribution in [0.2, 0.25) is 0 Å². The van der Waals surface area contributed by atoms with Crippen LogP contribution in [-0.4, -0.2) is 38.6 Å². The molecule has 0 atom stereocenters. The molecule has 1 aliphatic rings. The van der Waals surface area contributed by atoms with Crippen LogP contribution in [0.25, 0.3) is 0 Å². The van der Waals surface area contributed by atoms with E-state index in [1.54, 1.807) is 0 Å². The van der Waals surface area contributed by atoms with Gasteiger partial charge in [-0.3, -0.25) is 0 Å². The van der Waals surface area contributed by atoms with Crippen LogP contribution in [0, 0.1) is 5.41 Å². The van der Waals surface area contributed by atoms with Crippen LogP contribution in [0.1, 0.15) is 40.0 Å². The van der Waals surface area contributed by atoms with Crippen molar-refractivity contribution in [1.82, 2.24) is 10.2 Å². The number of likely N-dealkylation sites (tertiary alicyclic amines) is 1. The van der Waals surface area contributed by atoms with Gasteiger partial charge in [-0.15, -0.1) is 0 Å². The van der Waals surface area contributed by atoms with Crippen molar-refractivity contribution in [1.29, 1.82) is 0 Å². The molecule has 0 aromatic carbocycles. The average Bonchev–Trinajstić information content (AvgIpc) is 2.23. The van der Waals surface area contributed by atoms with Gasteiger partial charge in [0.25, 0.3) is 0 Å². The topological polar surface area (TPSA) is 15.3 Å². The Balaban J connectivity index is 0.000000791. The minimum atomic E-state index is 0.607. The zero-order chi connectivity index (χ0) is 11.0. The van der Waals surface area contributed by atoms with Crippen molar-refractivity contribution in [2.45, 2.75) is 40.0 Å². The number of hydrogen-bond donors (Lipinski definition) is 1. The number of nitrogens with zero attached hydrogens (tertiary/aromatic N) is 1. The maximum Gasteiger partial charge on any atom is -0.00166 e. The van der Waals surface area contributed by atoms with Gasteiger partial charge >= 0.3 is 0 Å². The van der Waals surface area contributed by atoms with Crippen molar-refractivity contribution >= 4 is 0 Å². The summed E-state index contributed by atoms with van der Waals surface area (Å²) >= 11 is 0. The molecule has 1 rings (SSSR count). The Bertz CT molecular complexity index is 121. The summed E-state index contributed by atoms with van der Waals surface area (Å²) in [5.41, 5.74) is 0.607. The highest BCUT2D eigenvalue weighted by molar-refractivity contribution is 4.81. The Morgan fingerprint density at radius 3 is 2.14 bits per heavy atom. The molecule has 1 aliphatic heterocycles. The SMILES string of the molecule is CC.CNCCC1(C)CCN(C)CC1. The van der Waals surface area contributed by atoms with Gasteiger partial charge in [-0.05, 0) is 58.4 Å². The van der Waals surface area contributed by atoms with Crippen LogP contribution in [0.5, 0.6) is 0 Å². The minimum Gasteiger partial charge on any atom is -0.320 e. The third-order valence-corrected chi connectivity index (χ3v) is 3.17. The van der Waals surface area contributed by atoms with E-state index in [0.29, 0.717) is 5.41 Å². The summed E-state index contributed by atoms with van der Waals surface area (Å²) in [5, 5.41) is 3.24. The molecule has 1 N–H and O–H groups in total. The summed E-state index contributed by atoms with van der Waals surface area (Å²) < 4.78 is 0. The minimum absolute atomic E-state index is 0.607. The van der Waals surface area contributed by atoms with Crippen LogP contribution in [0.3, 0.4) is 0 Å². The molecule has 1 saturated heterocycles. The number of rotatable bonds is 3. The van der Waals surface area contributed by atoms with Crippen molar-refractivity contribution in [2.75, 3.05) is 33.7 Å². The van der Waals surface area contributed by atoms with Crippen LogP contribution in [0.15, 0.2) is 0 Å². The Kier molecular flexibility index (Phi) is 7.20. The molecule has 0 saturated carbocycles. The summed E-state index contributed by atoms with van der Waals surface area (Å²) in [6, 6.07) is 0. The number of piperidine rings is 1. The molecule has 0 aromatic rings. The van der Waals surface area contributed by atoms with Gasteiger partial charge in [0, 0.05) is 0 Å².